The summed E-state index contributed by atoms with van der Waals surface area (Å²) in [6.45, 7) is 11.4. The van der Waals surface area contributed by atoms with E-state index in [0.29, 0.717) is 111 Å². The van der Waals surface area contributed by atoms with Gasteiger partial charge in [-0.25, -0.2) is 41.9 Å². The van der Waals surface area contributed by atoms with E-state index in [1.165, 1.54) is 79.5 Å². The van der Waals surface area contributed by atoms with Crippen LogP contribution >= 0.6 is 0 Å². The van der Waals surface area contributed by atoms with E-state index < -0.39 is 29.1 Å². The molecule has 0 spiro atoms. The van der Waals surface area contributed by atoms with Crippen LogP contribution in [0.4, 0.5) is 22.0 Å². The Morgan fingerprint density at radius 1 is 0.333 bits per heavy atom. The van der Waals surface area contributed by atoms with E-state index in [9.17, 15) is 41.1 Å². The zero-order valence-corrected chi connectivity index (χ0v) is 57.7. The number of rotatable bonds is 24. The number of aryl methyl sites for hydroxylation is 6. The number of hydrogen-bond donors (Lipinski definition) is 0. The zero-order chi connectivity index (χ0) is 74.8. The molecule has 0 aliphatic rings. The number of hydrogen-bond acceptors (Lipinski definition) is 20. The van der Waals surface area contributed by atoms with Crippen molar-refractivity contribution in [2.75, 3.05) is 0 Å². The van der Waals surface area contributed by atoms with E-state index in [1.807, 2.05) is 77.9 Å². The summed E-state index contributed by atoms with van der Waals surface area (Å²) in [6, 6.07) is 34.8. The molecule has 0 unspecified atom stereocenters. The minimum atomic E-state index is -0.527. The van der Waals surface area contributed by atoms with E-state index in [4.69, 9.17) is 25.4 Å². The van der Waals surface area contributed by atoms with Gasteiger partial charge in [-0.05, 0) is 88.1 Å². The SMILES string of the molecule is C#Cc1ccc(CC(=O)c2cc(Oc3cncc(F)c3)cc(CC)n2)nc1.CCc1cc(Oc2cncc(F)c2)cc(C(=O)Cc2cc(F)ccn2)n1.CCc1cc(Oc2cncc(F)c2)cc(C(=O)Cc2cccc(C)n2)n1.CCc1cc(Oc2cncc(F)c2)cc(C(=O)Cc2cccc(C)n2)n1. The minimum absolute atomic E-state index is 0.0844. The lowest BCUT2D eigenvalue weighted by Crippen LogP contribution is -2.09. The molecular formula is C80H67F5N12O8. The first kappa shape index (κ1) is 76.1. The predicted octanol–water partition coefficient (Wildman–Crippen LogP) is 15.9. The molecule has 12 rings (SSSR count). The van der Waals surface area contributed by atoms with Crippen molar-refractivity contribution in [3.63, 3.8) is 0 Å². The third-order valence-corrected chi connectivity index (χ3v) is 14.7. The van der Waals surface area contributed by atoms with Gasteiger partial charge in [-0.1, -0.05) is 45.7 Å². The summed E-state index contributed by atoms with van der Waals surface area (Å²) in [7, 11) is 0. The molecular weight excluding hydrogens is 1350 g/mol. The third kappa shape index (κ3) is 24.0. The summed E-state index contributed by atoms with van der Waals surface area (Å²) in [5.74, 6) is 1.75. The van der Waals surface area contributed by atoms with Gasteiger partial charge in [0.1, 0.15) is 97.9 Å². The van der Waals surface area contributed by atoms with E-state index in [-0.39, 0.29) is 83.2 Å². The van der Waals surface area contributed by atoms with Crippen molar-refractivity contribution in [2.45, 2.75) is 92.9 Å². The molecule has 0 fully saturated rings. The lowest BCUT2D eigenvalue weighted by Gasteiger charge is -2.09. The van der Waals surface area contributed by atoms with E-state index in [1.54, 1.807) is 54.7 Å². The first-order valence-corrected chi connectivity index (χ1v) is 32.8. The highest BCUT2D eigenvalue weighted by molar-refractivity contribution is 5.97. The van der Waals surface area contributed by atoms with Crippen LogP contribution in [0.1, 0.15) is 132 Å². The highest BCUT2D eigenvalue weighted by Gasteiger charge is 2.19. The molecule has 0 amide bonds. The predicted molar refractivity (Wildman–Crippen MR) is 378 cm³/mol. The van der Waals surface area contributed by atoms with Crippen LogP contribution in [0.5, 0.6) is 46.0 Å². The second-order valence-corrected chi connectivity index (χ2v) is 23.0. The topological polar surface area (TPSA) is 260 Å². The number of aromatic nitrogens is 12. The van der Waals surface area contributed by atoms with Crippen LogP contribution in [0.3, 0.4) is 0 Å². The average molecular weight is 1420 g/mol. The van der Waals surface area contributed by atoms with Gasteiger partial charge < -0.3 is 18.9 Å². The van der Waals surface area contributed by atoms with Gasteiger partial charge >= 0.3 is 0 Å². The summed E-state index contributed by atoms with van der Waals surface area (Å²) in [6.07, 6.45) is 20.9. The Kier molecular flexibility index (Phi) is 27.2. The lowest BCUT2D eigenvalue weighted by molar-refractivity contribution is 0.0978. The fraction of sp³-hybridized carbons (Fsp3) is 0.175. The molecule has 0 bridgehead atoms. The maximum atomic E-state index is 13.3. The molecule has 0 radical (unpaired) electrons. The second-order valence-electron chi connectivity index (χ2n) is 23.0. The fourth-order valence-electron chi connectivity index (χ4n) is 9.68. The van der Waals surface area contributed by atoms with Crippen molar-refractivity contribution in [1.29, 1.82) is 0 Å². The standard InChI is InChI=1S/C21H16FN3O2.2C20H18FN3O2.C19H15F2N3O2/c1-3-14-5-6-17(24-11-14)9-21(26)20-10-18(8-16(4-2)25-20)27-19-7-15(22)12-23-13-19;2*1-3-15-8-17(26-18-7-14(21)11-22-12-18)10-19(24-15)20(25)9-16-6-4-5-13(2)23-16;1-2-14-7-16(26-17-6-13(21)10-22-11-17)9-18(24-14)19(25)8-15-5-12(20)3-4-23-15/h1,5-8,10-13H,4,9H2,2H3;2*4-8,10-12H,3,9H2,1-2H3;3-7,9-11H,2,8H2,1H3. The number of carbonyl (C=O) groups excluding carboxylic acids is 4. The zero-order valence-electron chi connectivity index (χ0n) is 57.7. The number of Topliss-reactive ketones (excluding diaryl/α,β-unsaturated/α-hetero) is 4. The van der Waals surface area contributed by atoms with Crippen LogP contribution in [0, 0.1) is 55.3 Å². The number of ether oxygens (including phenoxy) is 4. The second kappa shape index (κ2) is 37.5. The maximum absolute atomic E-state index is 13.3. The largest absolute Gasteiger partial charge is 0.455 e. The van der Waals surface area contributed by atoms with E-state index in [2.05, 4.69) is 65.7 Å². The normalized spacial score (nSPS) is 10.5. The first-order chi connectivity index (χ1) is 50.7. The molecule has 530 valence electrons. The van der Waals surface area contributed by atoms with Gasteiger partial charge in [0.2, 0.25) is 0 Å². The van der Waals surface area contributed by atoms with Crippen LogP contribution in [0.2, 0.25) is 0 Å². The molecule has 0 aliphatic carbocycles. The van der Waals surface area contributed by atoms with Gasteiger partial charge in [-0.3, -0.25) is 59.0 Å². The van der Waals surface area contributed by atoms with Gasteiger partial charge in [-0.2, -0.15) is 0 Å². The number of nitrogens with zero attached hydrogens (tertiary/aromatic N) is 12. The molecule has 0 saturated carbocycles. The number of ketones is 4. The minimum Gasteiger partial charge on any atom is -0.455 e. The molecule has 0 aliphatic heterocycles. The van der Waals surface area contributed by atoms with Crippen LogP contribution in [-0.2, 0) is 51.4 Å². The van der Waals surface area contributed by atoms with Crippen LogP contribution in [-0.4, -0.2) is 82.9 Å². The van der Waals surface area contributed by atoms with Crippen LogP contribution in [0.15, 0.2) is 195 Å². The summed E-state index contributed by atoms with van der Waals surface area (Å²) in [4.78, 5) is 99.6. The van der Waals surface area contributed by atoms with Crippen LogP contribution in [0.25, 0.3) is 0 Å². The Hall–Kier alpha value is -13.1. The Balaban J connectivity index is 0.000000162. The van der Waals surface area contributed by atoms with E-state index >= 15 is 0 Å². The van der Waals surface area contributed by atoms with Crippen molar-refractivity contribution in [3.8, 4) is 58.3 Å². The molecule has 12 aromatic heterocycles. The number of halogens is 5. The van der Waals surface area contributed by atoms with Crippen LogP contribution < -0.4 is 18.9 Å². The Bertz CT molecular complexity index is 4740. The molecule has 12 aromatic rings. The molecule has 0 aromatic carbocycles. The molecule has 12 heterocycles. The summed E-state index contributed by atoms with van der Waals surface area (Å²) >= 11 is 0. The maximum Gasteiger partial charge on any atom is 0.187 e. The molecule has 20 nitrogen and oxygen atoms in total. The fourth-order valence-corrected chi connectivity index (χ4v) is 9.68. The first-order valence-electron chi connectivity index (χ1n) is 32.8. The highest BCUT2D eigenvalue weighted by atomic mass is 19.1. The molecule has 0 atom stereocenters. The van der Waals surface area contributed by atoms with Crippen molar-refractivity contribution in [2.24, 2.45) is 0 Å². The van der Waals surface area contributed by atoms with Crippen molar-refractivity contribution < 1.29 is 60.1 Å². The van der Waals surface area contributed by atoms with Crippen molar-refractivity contribution in [3.05, 3.63) is 310 Å². The Morgan fingerprint density at radius 2 is 0.667 bits per heavy atom. The quantitative estimate of drug-likeness (QED) is 0.0309. The van der Waals surface area contributed by atoms with E-state index in [0.717, 1.165) is 36.2 Å². The molecule has 25 heteroatoms. The van der Waals surface area contributed by atoms with Gasteiger partial charge in [0.25, 0.3) is 0 Å². The average Bonchev–Trinajstić information content (AvgIpc) is 0.850. The monoisotopic (exact) mass is 1420 g/mol. The number of pyridine rings is 12. The third-order valence-electron chi connectivity index (χ3n) is 14.7. The van der Waals surface area contributed by atoms with Gasteiger partial charge in [-0.15, -0.1) is 6.42 Å². The summed E-state index contributed by atoms with van der Waals surface area (Å²) < 4.78 is 88.9. The van der Waals surface area contributed by atoms with Gasteiger partial charge in [0.05, 0.1) is 81.0 Å². The smallest absolute Gasteiger partial charge is 0.187 e. The Labute approximate surface area is 601 Å². The van der Waals surface area contributed by atoms with Crippen molar-refractivity contribution in [1.82, 2.24) is 59.8 Å². The van der Waals surface area contributed by atoms with Gasteiger partial charge in [0.15, 0.2) is 23.1 Å². The lowest BCUT2D eigenvalue weighted by atomic mass is 10.1. The van der Waals surface area contributed by atoms with Crippen molar-refractivity contribution >= 4 is 23.1 Å². The molecule has 105 heavy (non-hydrogen) atoms. The Morgan fingerprint density at radius 3 is 0.952 bits per heavy atom. The molecule has 0 N–H and O–H groups in total. The number of terminal acetylenes is 1. The molecule has 0 saturated heterocycles. The number of carbonyl (C=O) groups is 4. The summed E-state index contributed by atoms with van der Waals surface area (Å²) in [5.41, 5.74) is 8.45. The summed E-state index contributed by atoms with van der Waals surface area (Å²) in [5, 5.41) is 0. The highest BCUT2D eigenvalue weighted by Crippen LogP contribution is 2.29. The van der Waals surface area contributed by atoms with Gasteiger partial charge in [0, 0.05) is 142 Å².